The smallest absolute Gasteiger partial charge is 0.128 e. The van der Waals surface area contributed by atoms with Crippen molar-refractivity contribution in [3.63, 3.8) is 0 Å². The Bertz CT molecular complexity index is 615. The highest BCUT2D eigenvalue weighted by atomic mass is 15.2. The number of anilines is 1. The van der Waals surface area contributed by atoms with E-state index in [9.17, 15) is 0 Å². The lowest BCUT2D eigenvalue weighted by Gasteiger charge is -2.27. The third kappa shape index (κ3) is 4.13. The second-order valence-electron chi connectivity index (χ2n) is 6.55. The molecule has 2 aromatic rings. The van der Waals surface area contributed by atoms with Crippen LogP contribution in [-0.4, -0.2) is 60.4 Å². The Morgan fingerprint density at radius 1 is 1.25 bits per heavy atom. The average molecular weight is 328 g/mol. The minimum atomic E-state index is 0.876. The Morgan fingerprint density at radius 3 is 2.79 bits per heavy atom. The highest BCUT2D eigenvalue weighted by Crippen LogP contribution is 2.24. The van der Waals surface area contributed by atoms with Crippen LogP contribution in [0.3, 0.4) is 0 Å². The van der Waals surface area contributed by atoms with E-state index >= 15 is 0 Å². The summed E-state index contributed by atoms with van der Waals surface area (Å²) < 4.78 is 0. The number of hydrogen-bond acceptors (Lipinski definition) is 5. The van der Waals surface area contributed by atoms with Gasteiger partial charge in [0.1, 0.15) is 5.82 Å². The number of aromatic amines is 1. The lowest BCUT2D eigenvalue weighted by molar-refractivity contribution is 0.328. The fourth-order valence-electron chi connectivity index (χ4n) is 3.19. The van der Waals surface area contributed by atoms with Crippen molar-refractivity contribution < 1.29 is 0 Å². The largest absolute Gasteiger partial charge is 0.357 e. The van der Waals surface area contributed by atoms with Gasteiger partial charge in [0, 0.05) is 56.2 Å². The minimum absolute atomic E-state index is 0.876. The van der Waals surface area contributed by atoms with Gasteiger partial charge in [0.25, 0.3) is 0 Å². The summed E-state index contributed by atoms with van der Waals surface area (Å²) in [6.45, 7) is 5.11. The molecule has 0 saturated carbocycles. The highest BCUT2D eigenvalue weighted by Gasteiger charge is 2.14. The average Bonchev–Trinajstić information content (AvgIpc) is 3.09. The molecule has 2 aromatic heterocycles. The number of aromatic nitrogens is 3. The molecule has 0 amide bonds. The van der Waals surface area contributed by atoms with Crippen LogP contribution in [0.4, 0.5) is 5.82 Å². The molecule has 3 heterocycles. The number of H-pyrrole nitrogens is 1. The van der Waals surface area contributed by atoms with Crippen molar-refractivity contribution >= 4 is 5.82 Å². The van der Waals surface area contributed by atoms with E-state index in [0.717, 1.165) is 49.8 Å². The van der Waals surface area contributed by atoms with Crippen molar-refractivity contribution in [2.24, 2.45) is 0 Å². The minimum Gasteiger partial charge on any atom is -0.357 e. The summed E-state index contributed by atoms with van der Waals surface area (Å²) in [6, 6.07) is 4.27. The molecule has 24 heavy (non-hydrogen) atoms. The Morgan fingerprint density at radius 2 is 2.08 bits per heavy atom. The molecule has 0 unspecified atom stereocenters. The van der Waals surface area contributed by atoms with Gasteiger partial charge in [0.05, 0.1) is 5.69 Å². The molecule has 1 aliphatic rings. The van der Waals surface area contributed by atoms with E-state index in [0.29, 0.717) is 0 Å². The molecule has 0 atom stereocenters. The molecule has 1 aliphatic heterocycles. The quantitative estimate of drug-likeness (QED) is 0.815. The Hall–Kier alpha value is -1.92. The number of nitrogens with zero attached hydrogens (tertiary/aromatic N) is 4. The van der Waals surface area contributed by atoms with E-state index < -0.39 is 0 Å². The summed E-state index contributed by atoms with van der Waals surface area (Å²) in [4.78, 5) is 9.35. The molecule has 2 N–H and O–H groups in total. The predicted molar refractivity (Wildman–Crippen MR) is 98.1 cm³/mol. The lowest BCUT2D eigenvalue weighted by Crippen LogP contribution is -2.30. The number of piperidine rings is 1. The van der Waals surface area contributed by atoms with Gasteiger partial charge in [-0.1, -0.05) is 0 Å². The van der Waals surface area contributed by atoms with Crippen molar-refractivity contribution in [2.45, 2.75) is 25.8 Å². The van der Waals surface area contributed by atoms with Gasteiger partial charge in [-0.05, 0) is 45.5 Å². The van der Waals surface area contributed by atoms with Crippen LogP contribution in [0.5, 0.6) is 0 Å². The van der Waals surface area contributed by atoms with Gasteiger partial charge in [-0.15, -0.1) is 0 Å². The second kappa shape index (κ2) is 8.26. The van der Waals surface area contributed by atoms with Crippen LogP contribution < -0.4 is 10.2 Å². The molecule has 130 valence electrons. The third-order valence-electron chi connectivity index (χ3n) is 4.60. The summed E-state index contributed by atoms with van der Waals surface area (Å²) in [5.74, 6) is 1.08. The summed E-state index contributed by atoms with van der Waals surface area (Å²) in [5, 5.41) is 10.6. The van der Waals surface area contributed by atoms with Crippen molar-refractivity contribution in [2.75, 3.05) is 45.2 Å². The molecule has 6 nitrogen and oxygen atoms in total. The first kappa shape index (κ1) is 16.9. The Balaban J connectivity index is 1.69. The van der Waals surface area contributed by atoms with Crippen molar-refractivity contribution in [3.8, 4) is 11.3 Å². The van der Waals surface area contributed by atoms with Crippen LogP contribution in [0.15, 0.2) is 24.5 Å². The Kier molecular flexibility index (Phi) is 5.82. The zero-order chi connectivity index (χ0) is 16.8. The maximum atomic E-state index is 4.68. The number of likely N-dealkylation sites (N-methyl/N-ethyl adjacent to an activating group) is 2. The zero-order valence-electron chi connectivity index (χ0n) is 14.8. The van der Waals surface area contributed by atoms with Gasteiger partial charge in [-0.2, -0.15) is 5.10 Å². The second-order valence-corrected chi connectivity index (χ2v) is 6.55. The first-order chi connectivity index (χ1) is 11.8. The van der Waals surface area contributed by atoms with Gasteiger partial charge >= 0.3 is 0 Å². The number of hydrogen-bond donors (Lipinski definition) is 2. The first-order valence-electron chi connectivity index (χ1n) is 8.85. The van der Waals surface area contributed by atoms with E-state index in [-0.39, 0.29) is 0 Å². The van der Waals surface area contributed by atoms with Crippen LogP contribution in [0.2, 0.25) is 0 Å². The molecule has 0 spiro atoms. The van der Waals surface area contributed by atoms with E-state index in [2.05, 4.69) is 49.5 Å². The van der Waals surface area contributed by atoms with Gasteiger partial charge in [0.2, 0.25) is 0 Å². The van der Waals surface area contributed by atoms with Gasteiger partial charge in [0.15, 0.2) is 0 Å². The summed E-state index contributed by atoms with van der Waals surface area (Å²) in [5.41, 5.74) is 3.29. The molecular weight excluding hydrogens is 300 g/mol. The third-order valence-corrected chi connectivity index (χ3v) is 4.60. The molecule has 0 radical (unpaired) electrons. The Labute approximate surface area is 144 Å². The standard InChI is InChI=1S/C18H28N6/c1-19-8-11-23(2)14-16-13-21-22-18(16)15-6-7-17(20-12-15)24-9-4-3-5-10-24/h6-7,12-13,19H,3-5,8-11,14H2,1-2H3,(H,21,22). The molecule has 1 saturated heterocycles. The summed E-state index contributed by atoms with van der Waals surface area (Å²) in [7, 11) is 4.11. The normalized spacial score (nSPS) is 15.2. The van der Waals surface area contributed by atoms with Gasteiger partial charge < -0.3 is 15.1 Å². The molecule has 0 bridgehead atoms. The predicted octanol–water partition coefficient (Wildman–Crippen LogP) is 2.11. The molecule has 0 aromatic carbocycles. The first-order valence-corrected chi connectivity index (χ1v) is 8.85. The van der Waals surface area contributed by atoms with Crippen molar-refractivity contribution in [1.29, 1.82) is 0 Å². The van der Waals surface area contributed by atoms with Crippen LogP contribution in [0, 0.1) is 0 Å². The van der Waals surface area contributed by atoms with E-state index in [1.54, 1.807) is 0 Å². The molecule has 6 heteroatoms. The summed E-state index contributed by atoms with van der Waals surface area (Å²) in [6.07, 6.45) is 7.82. The fraction of sp³-hybridized carbons (Fsp3) is 0.556. The van der Waals surface area contributed by atoms with Crippen molar-refractivity contribution in [1.82, 2.24) is 25.4 Å². The van der Waals surface area contributed by atoms with Crippen LogP contribution >= 0.6 is 0 Å². The number of pyridine rings is 1. The maximum Gasteiger partial charge on any atom is 0.128 e. The van der Waals surface area contributed by atoms with Crippen LogP contribution in [0.25, 0.3) is 11.3 Å². The zero-order valence-corrected chi connectivity index (χ0v) is 14.8. The molecule has 0 aliphatic carbocycles. The van der Waals surface area contributed by atoms with Crippen LogP contribution in [-0.2, 0) is 6.54 Å². The molecule has 3 rings (SSSR count). The maximum absolute atomic E-state index is 4.68. The monoisotopic (exact) mass is 328 g/mol. The fourth-order valence-corrected chi connectivity index (χ4v) is 3.19. The van der Waals surface area contributed by atoms with E-state index in [4.69, 9.17) is 0 Å². The topological polar surface area (TPSA) is 60.1 Å². The SMILES string of the molecule is CNCCN(C)Cc1c[nH]nc1-c1ccc(N2CCCCC2)nc1. The van der Waals surface area contributed by atoms with Gasteiger partial charge in [-0.25, -0.2) is 4.98 Å². The molecule has 1 fully saturated rings. The van der Waals surface area contributed by atoms with Crippen LogP contribution in [0.1, 0.15) is 24.8 Å². The lowest BCUT2D eigenvalue weighted by atomic mass is 10.1. The van der Waals surface area contributed by atoms with Gasteiger partial charge in [-0.3, -0.25) is 5.10 Å². The molecular formula is C18H28N6. The van der Waals surface area contributed by atoms with E-state index in [1.165, 1.54) is 24.8 Å². The number of rotatable bonds is 7. The summed E-state index contributed by atoms with van der Waals surface area (Å²) >= 11 is 0. The number of nitrogens with one attached hydrogen (secondary N) is 2. The highest BCUT2D eigenvalue weighted by molar-refractivity contribution is 5.63. The van der Waals surface area contributed by atoms with E-state index in [1.807, 2.05) is 19.4 Å². The van der Waals surface area contributed by atoms with Crippen molar-refractivity contribution in [3.05, 3.63) is 30.1 Å².